The Hall–Kier alpha value is -0.300. The molecule has 1 atom stereocenters. The molecule has 0 aromatic heterocycles. The number of carbonyl (C=O) groups is 1. The minimum Gasteiger partial charge on any atom is -0.295 e. The standard InChI is InChI=1S/C7H11ClO/c1-3-6(2)7(9)4-5-8/h4-6H,3H2,1-2H3/b5-4+. The third kappa shape index (κ3) is 3.31. The number of carbonyl (C=O) groups excluding carboxylic acids is 1. The van der Waals surface area contributed by atoms with Gasteiger partial charge in [-0.3, -0.25) is 4.79 Å². The molecule has 0 rings (SSSR count). The normalized spacial score (nSPS) is 14.1. The van der Waals surface area contributed by atoms with E-state index >= 15 is 0 Å². The largest absolute Gasteiger partial charge is 0.295 e. The summed E-state index contributed by atoms with van der Waals surface area (Å²) in [5, 5.41) is 0. The fraction of sp³-hybridized carbons (Fsp3) is 0.571. The van der Waals surface area contributed by atoms with Gasteiger partial charge in [0.05, 0.1) is 0 Å². The van der Waals surface area contributed by atoms with Crippen molar-refractivity contribution in [2.75, 3.05) is 0 Å². The highest BCUT2D eigenvalue weighted by Gasteiger charge is 2.04. The highest BCUT2D eigenvalue weighted by molar-refractivity contribution is 6.26. The van der Waals surface area contributed by atoms with Crippen LogP contribution in [0.1, 0.15) is 20.3 Å². The Morgan fingerprint density at radius 2 is 2.33 bits per heavy atom. The van der Waals surface area contributed by atoms with E-state index in [4.69, 9.17) is 11.6 Å². The van der Waals surface area contributed by atoms with Crippen LogP contribution in [-0.2, 0) is 4.79 Å². The zero-order chi connectivity index (χ0) is 7.28. The summed E-state index contributed by atoms with van der Waals surface area (Å²) in [4.78, 5) is 10.8. The van der Waals surface area contributed by atoms with E-state index in [0.717, 1.165) is 6.42 Å². The molecule has 0 saturated carbocycles. The molecule has 0 saturated heterocycles. The molecule has 0 heterocycles. The van der Waals surface area contributed by atoms with Gasteiger partial charge >= 0.3 is 0 Å². The van der Waals surface area contributed by atoms with Gasteiger partial charge in [0.15, 0.2) is 5.78 Å². The second-order valence-electron chi connectivity index (χ2n) is 2.00. The van der Waals surface area contributed by atoms with Gasteiger partial charge in [0.1, 0.15) is 0 Å². The van der Waals surface area contributed by atoms with Crippen molar-refractivity contribution in [3.8, 4) is 0 Å². The van der Waals surface area contributed by atoms with Crippen molar-refractivity contribution in [3.63, 3.8) is 0 Å². The first-order valence-corrected chi connectivity index (χ1v) is 3.46. The summed E-state index contributed by atoms with van der Waals surface area (Å²) in [6.45, 7) is 3.86. The predicted octanol–water partition coefficient (Wildman–Crippen LogP) is 2.35. The molecule has 1 unspecified atom stereocenters. The average Bonchev–Trinajstić information content (AvgIpc) is 1.87. The number of rotatable bonds is 3. The second-order valence-corrected chi connectivity index (χ2v) is 2.26. The Labute approximate surface area is 60.7 Å². The van der Waals surface area contributed by atoms with Crippen molar-refractivity contribution in [2.24, 2.45) is 5.92 Å². The van der Waals surface area contributed by atoms with Crippen LogP contribution >= 0.6 is 11.6 Å². The minimum atomic E-state index is 0.104. The van der Waals surface area contributed by atoms with Crippen molar-refractivity contribution in [3.05, 3.63) is 11.6 Å². The zero-order valence-corrected chi connectivity index (χ0v) is 6.48. The van der Waals surface area contributed by atoms with E-state index in [9.17, 15) is 4.79 Å². The lowest BCUT2D eigenvalue weighted by molar-refractivity contribution is -0.117. The summed E-state index contributed by atoms with van der Waals surface area (Å²) in [6.07, 6.45) is 2.27. The lowest BCUT2D eigenvalue weighted by Crippen LogP contribution is -2.05. The van der Waals surface area contributed by atoms with E-state index in [0.29, 0.717) is 0 Å². The molecule has 0 bridgehead atoms. The first kappa shape index (κ1) is 8.70. The van der Waals surface area contributed by atoms with E-state index in [1.165, 1.54) is 11.6 Å². The number of ketones is 1. The number of hydrogen-bond donors (Lipinski definition) is 0. The summed E-state index contributed by atoms with van der Waals surface area (Å²) in [7, 11) is 0. The maximum atomic E-state index is 10.8. The van der Waals surface area contributed by atoms with Gasteiger partial charge in [0.25, 0.3) is 0 Å². The van der Waals surface area contributed by atoms with Crippen LogP contribution in [0.2, 0.25) is 0 Å². The lowest BCUT2D eigenvalue weighted by Gasteiger charge is -1.99. The molecule has 0 aromatic carbocycles. The van der Waals surface area contributed by atoms with Crippen LogP contribution in [0.3, 0.4) is 0 Å². The molecule has 0 spiro atoms. The Kier molecular flexibility index (Phi) is 4.41. The molecule has 0 amide bonds. The number of halogens is 1. The third-order valence-corrected chi connectivity index (χ3v) is 1.45. The van der Waals surface area contributed by atoms with Crippen LogP contribution in [0.25, 0.3) is 0 Å². The number of allylic oxidation sites excluding steroid dienone is 1. The highest BCUT2D eigenvalue weighted by Crippen LogP contribution is 2.02. The van der Waals surface area contributed by atoms with Gasteiger partial charge in [-0.15, -0.1) is 0 Å². The van der Waals surface area contributed by atoms with E-state index in [1.54, 1.807) is 0 Å². The van der Waals surface area contributed by atoms with Gasteiger partial charge in [-0.05, 0) is 12.5 Å². The Balaban J connectivity index is 3.73. The van der Waals surface area contributed by atoms with E-state index in [1.807, 2.05) is 13.8 Å². The van der Waals surface area contributed by atoms with Crippen LogP contribution < -0.4 is 0 Å². The first-order valence-electron chi connectivity index (χ1n) is 3.03. The van der Waals surface area contributed by atoms with Gasteiger partial charge in [-0.1, -0.05) is 25.4 Å². The summed E-state index contributed by atoms with van der Waals surface area (Å²) >= 11 is 5.20. The summed E-state index contributed by atoms with van der Waals surface area (Å²) in [6, 6.07) is 0. The van der Waals surface area contributed by atoms with Crippen molar-refractivity contribution < 1.29 is 4.79 Å². The first-order chi connectivity index (χ1) is 4.22. The minimum absolute atomic E-state index is 0.104. The molecule has 0 aliphatic carbocycles. The van der Waals surface area contributed by atoms with Crippen molar-refractivity contribution in [1.29, 1.82) is 0 Å². The van der Waals surface area contributed by atoms with Gasteiger partial charge in [0, 0.05) is 11.5 Å². The Morgan fingerprint density at radius 1 is 1.78 bits per heavy atom. The van der Waals surface area contributed by atoms with Gasteiger partial charge in [0.2, 0.25) is 0 Å². The highest BCUT2D eigenvalue weighted by atomic mass is 35.5. The molecule has 0 aliphatic rings. The number of hydrogen-bond acceptors (Lipinski definition) is 1. The zero-order valence-electron chi connectivity index (χ0n) is 5.73. The molecule has 0 fully saturated rings. The topological polar surface area (TPSA) is 17.1 Å². The molecule has 0 N–H and O–H groups in total. The van der Waals surface area contributed by atoms with Gasteiger partial charge < -0.3 is 0 Å². The van der Waals surface area contributed by atoms with E-state index in [2.05, 4.69) is 0 Å². The second kappa shape index (κ2) is 4.57. The summed E-state index contributed by atoms with van der Waals surface area (Å²) in [5.74, 6) is 0.215. The van der Waals surface area contributed by atoms with Crippen LogP contribution in [0.4, 0.5) is 0 Å². The van der Waals surface area contributed by atoms with Crippen molar-refractivity contribution in [2.45, 2.75) is 20.3 Å². The van der Waals surface area contributed by atoms with E-state index < -0.39 is 0 Å². The quantitative estimate of drug-likeness (QED) is 0.559. The molecule has 9 heavy (non-hydrogen) atoms. The monoisotopic (exact) mass is 146 g/mol. The molecule has 1 nitrogen and oxygen atoms in total. The fourth-order valence-corrected chi connectivity index (χ4v) is 0.552. The smallest absolute Gasteiger partial charge is 0.159 e. The predicted molar refractivity (Wildman–Crippen MR) is 39.5 cm³/mol. The van der Waals surface area contributed by atoms with Crippen LogP contribution in [0.15, 0.2) is 11.6 Å². The third-order valence-electron chi connectivity index (χ3n) is 1.33. The molecule has 0 aromatic rings. The van der Waals surface area contributed by atoms with Crippen molar-refractivity contribution >= 4 is 17.4 Å². The van der Waals surface area contributed by atoms with Crippen LogP contribution in [0.5, 0.6) is 0 Å². The maximum absolute atomic E-state index is 10.8. The maximum Gasteiger partial charge on any atom is 0.159 e. The van der Waals surface area contributed by atoms with Crippen molar-refractivity contribution in [1.82, 2.24) is 0 Å². The van der Waals surface area contributed by atoms with Crippen LogP contribution in [-0.4, -0.2) is 5.78 Å². The molecular formula is C7H11ClO. The Morgan fingerprint density at radius 3 is 2.67 bits per heavy atom. The fourth-order valence-electron chi connectivity index (χ4n) is 0.428. The van der Waals surface area contributed by atoms with Gasteiger partial charge in [-0.25, -0.2) is 0 Å². The SMILES string of the molecule is CCC(C)C(=O)/C=C/Cl. The van der Waals surface area contributed by atoms with E-state index in [-0.39, 0.29) is 11.7 Å². The summed E-state index contributed by atoms with van der Waals surface area (Å²) in [5.41, 5.74) is 1.26. The van der Waals surface area contributed by atoms with Crippen LogP contribution in [0, 0.1) is 5.92 Å². The molecule has 52 valence electrons. The lowest BCUT2D eigenvalue weighted by atomic mass is 10.0. The average molecular weight is 147 g/mol. The molecule has 2 heteroatoms. The molecular weight excluding hydrogens is 136 g/mol. The molecule has 0 radical (unpaired) electrons. The summed E-state index contributed by atoms with van der Waals surface area (Å²) < 4.78 is 0. The Bertz CT molecular complexity index is 118. The molecule has 0 aliphatic heterocycles. The van der Waals surface area contributed by atoms with Gasteiger partial charge in [-0.2, -0.15) is 0 Å².